The van der Waals surface area contributed by atoms with Gasteiger partial charge in [0.25, 0.3) is 15.7 Å². The summed E-state index contributed by atoms with van der Waals surface area (Å²) in [7, 11) is -5.40. The van der Waals surface area contributed by atoms with Gasteiger partial charge in [-0.2, -0.15) is 13.2 Å². The van der Waals surface area contributed by atoms with Crippen LogP contribution in [0, 0.1) is 0 Å². The van der Waals surface area contributed by atoms with Crippen molar-refractivity contribution in [2.24, 2.45) is 5.73 Å². The Labute approximate surface area is 132 Å². The normalized spacial score (nSPS) is 19.7. The van der Waals surface area contributed by atoms with Crippen molar-refractivity contribution >= 4 is 15.7 Å². The van der Waals surface area contributed by atoms with Crippen molar-refractivity contribution in [2.75, 3.05) is 13.1 Å². The maximum atomic E-state index is 12.5. The number of likely N-dealkylation sites (tertiary alicyclic amines) is 1. The number of hydrogen-bond donors (Lipinski definition) is 1. The quantitative estimate of drug-likeness (QED) is 0.903. The molecule has 1 amide bonds. The van der Waals surface area contributed by atoms with Crippen LogP contribution in [-0.2, 0) is 9.84 Å². The molecule has 2 N–H and O–H groups in total. The number of carbonyl (C=O) groups excluding carboxylic acids is 1. The van der Waals surface area contributed by atoms with Crippen molar-refractivity contribution in [1.82, 2.24) is 4.90 Å². The number of benzene rings is 1. The summed E-state index contributed by atoms with van der Waals surface area (Å²) in [5.41, 5.74) is 0.420. The second-order valence-corrected chi connectivity index (χ2v) is 7.30. The Morgan fingerprint density at radius 1 is 1.22 bits per heavy atom. The highest BCUT2D eigenvalue weighted by Gasteiger charge is 2.46. The van der Waals surface area contributed by atoms with Gasteiger partial charge < -0.3 is 10.6 Å². The van der Waals surface area contributed by atoms with E-state index in [1.807, 2.05) is 0 Å². The maximum absolute atomic E-state index is 12.5. The van der Waals surface area contributed by atoms with Crippen LogP contribution in [-0.4, -0.2) is 43.9 Å². The van der Waals surface area contributed by atoms with Gasteiger partial charge in [-0.15, -0.1) is 0 Å². The molecule has 1 aromatic rings. The van der Waals surface area contributed by atoms with Gasteiger partial charge in [-0.1, -0.05) is 0 Å². The van der Waals surface area contributed by atoms with Crippen molar-refractivity contribution < 1.29 is 26.4 Å². The van der Waals surface area contributed by atoms with Gasteiger partial charge in [0.05, 0.1) is 4.90 Å². The standard InChI is InChI=1S/C14H17F3N2O3S/c15-14(16,17)23(21,22)12-6-4-10(5-7-12)13(20)19-8-2-1-3-11(19)9-18/h4-7,11H,1-3,8-9,18H2/t11-/m1/s1. The Morgan fingerprint density at radius 2 is 1.83 bits per heavy atom. The van der Waals surface area contributed by atoms with E-state index in [0.717, 1.165) is 43.5 Å². The number of alkyl halides is 3. The average Bonchev–Trinajstić information content (AvgIpc) is 2.53. The first-order valence-corrected chi connectivity index (χ1v) is 8.59. The third-order valence-electron chi connectivity index (χ3n) is 3.88. The highest BCUT2D eigenvalue weighted by molar-refractivity contribution is 7.92. The largest absolute Gasteiger partial charge is 0.501 e. The van der Waals surface area contributed by atoms with Crippen LogP contribution in [0.4, 0.5) is 13.2 Å². The minimum absolute atomic E-state index is 0.102. The fraction of sp³-hybridized carbons (Fsp3) is 0.500. The van der Waals surface area contributed by atoms with Crippen LogP contribution in [0.3, 0.4) is 0 Å². The number of sulfone groups is 1. The number of carbonyl (C=O) groups is 1. The second-order valence-electron chi connectivity index (χ2n) is 5.36. The van der Waals surface area contributed by atoms with E-state index >= 15 is 0 Å². The highest BCUT2D eigenvalue weighted by atomic mass is 32.2. The van der Waals surface area contributed by atoms with Crippen LogP contribution >= 0.6 is 0 Å². The first kappa shape index (κ1) is 17.7. The summed E-state index contributed by atoms with van der Waals surface area (Å²) in [6.07, 6.45) is 2.58. The molecule has 0 spiro atoms. The van der Waals surface area contributed by atoms with E-state index in [-0.39, 0.29) is 17.5 Å². The number of amides is 1. The molecule has 1 atom stereocenters. The summed E-state index contributed by atoms with van der Waals surface area (Å²) in [5, 5.41) is 0. The monoisotopic (exact) mass is 350 g/mol. The molecule has 9 heteroatoms. The van der Waals surface area contributed by atoms with E-state index < -0.39 is 20.2 Å². The van der Waals surface area contributed by atoms with Crippen molar-refractivity contribution in [1.29, 1.82) is 0 Å². The SMILES string of the molecule is NC[C@H]1CCCCN1C(=O)c1ccc(S(=O)(=O)C(F)(F)F)cc1. The molecule has 0 bridgehead atoms. The fourth-order valence-corrected chi connectivity index (χ4v) is 3.35. The molecule has 0 saturated carbocycles. The van der Waals surface area contributed by atoms with Crippen LogP contribution in [0.15, 0.2) is 29.2 Å². The van der Waals surface area contributed by atoms with Crippen molar-refractivity contribution in [3.05, 3.63) is 29.8 Å². The molecule has 1 fully saturated rings. The molecule has 2 rings (SSSR count). The van der Waals surface area contributed by atoms with Crippen LogP contribution in [0.2, 0.25) is 0 Å². The van der Waals surface area contributed by atoms with E-state index in [1.165, 1.54) is 0 Å². The molecule has 0 radical (unpaired) electrons. The van der Waals surface area contributed by atoms with E-state index in [0.29, 0.717) is 13.1 Å². The molecule has 1 aromatic carbocycles. The molecule has 0 unspecified atom stereocenters. The van der Waals surface area contributed by atoms with E-state index in [2.05, 4.69) is 0 Å². The molecule has 0 aromatic heterocycles. The minimum Gasteiger partial charge on any atom is -0.334 e. The number of piperidine rings is 1. The molecule has 1 aliphatic rings. The number of nitrogens with two attached hydrogens (primary N) is 1. The van der Waals surface area contributed by atoms with Crippen LogP contribution in [0.5, 0.6) is 0 Å². The third-order valence-corrected chi connectivity index (χ3v) is 5.38. The van der Waals surface area contributed by atoms with Gasteiger partial charge >= 0.3 is 5.51 Å². The van der Waals surface area contributed by atoms with Crippen LogP contribution in [0.1, 0.15) is 29.6 Å². The lowest BCUT2D eigenvalue weighted by atomic mass is 10.0. The molecular weight excluding hydrogens is 333 g/mol. The summed E-state index contributed by atoms with van der Waals surface area (Å²) in [5.74, 6) is -0.351. The zero-order chi connectivity index (χ0) is 17.3. The molecule has 5 nitrogen and oxygen atoms in total. The summed E-state index contributed by atoms with van der Waals surface area (Å²) in [6, 6.07) is 3.70. The summed E-state index contributed by atoms with van der Waals surface area (Å²) in [4.78, 5) is 13.1. The Bertz CT molecular complexity index is 672. The fourth-order valence-electron chi connectivity index (χ4n) is 2.59. The Hall–Kier alpha value is -1.61. The zero-order valence-corrected chi connectivity index (χ0v) is 13.0. The van der Waals surface area contributed by atoms with E-state index in [4.69, 9.17) is 5.73 Å². The topological polar surface area (TPSA) is 80.5 Å². The van der Waals surface area contributed by atoms with Crippen molar-refractivity contribution in [2.45, 2.75) is 35.7 Å². The summed E-state index contributed by atoms with van der Waals surface area (Å²) >= 11 is 0. The van der Waals surface area contributed by atoms with Gasteiger partial charge in [0.1, 0.15) is 0 Å². The first-order chi connectivity index (χ1) is 10.7. The summed E-state index contributed by atoms with van der Waals surface area (Å²) in [6.45, 7) is 0.843. The highest BCUT2D eigenvalue weighted by Crippen LogP contribution is 2.30. The molecule has 23 heavy (non-hydrogen) atoms. The molecule has 0 aliphatic carbocycles. The number of rotatable bonds is 3. The van der Waals surface area contributed by atoms with E-state index in [1.54, 1.807) is 4.90 Å². The molecular formula is C14H17F3N2O3S. The molecule has 128 valence electrons. The van der Waals surface area contributed by atoms with Crippen LogP contribution < -0.4 is 5.73 Å². The predicted octanol–water partition coefficient (Wildman–Crippen LogP) is 1.93. The molecule has 1 saturated heterocycles. The van der Waals surface area contributed by atoms with Gasteiger partial charge in [-0.05, 0) is 43.5 Å². The average molecular weight is 350 g/mol. The maximum Gasteiger partial charge on any atom is 0.501 e. The van der Waals surface area contributed by atoms with E-state index in [9.17, 15) is 26.4 Å². The lowest BCUT2D eigenvalue weighted by Gasteiger charge is -2.35. The molecule has 1 aliphatic heterocycles. The third kappa shape index (κ3) is 3.50. The van der Waals surface area contributed by atoms with Gasteiger partial charge in [0, 0.05) is 24.7 Å². The minimum atomic E-state index is -5.40. The lowest BCUT2D eigenvalue weighted by Crippen LogP contribution is -2.47. The number of nitrogens with zero attached hydrogens (tertiary/aromatic N) is 1. The number of hydrogen-bond acceptors (Lipinski definition) is 4. The Balaban J connectivity index is 2.24. The van der Waals surface area contributed by atoms with Gasteiger partial charge in [0.2, 0.25) is 0 Å². The predicted molar refractivity (Wildman–Crippen MR) is 77.4 cm³/mol. The number of halogens is 3. The second kappa shape index (κ2) is 6.48. The summed E-state index contributed by atoms with van der Waals surface area (Å²) < 4.78 is 60.1. The van der Waals surface area contributed by atoms with Gasteiger partial charge in [-0.25, -0.2) is 8.42 Å². The molecule has 1 heterocycles. The smallest absolute Gasteiger partial charge is 0.334 e. The lowest BCUT2D eigenvalue weighted by molar-refractivity contribution is -0.0436. The van der Waals surface area contributed by atoms with Gasteiger partial charge in [0.15, 0.2) is 0 Å². The first-order valence-electron chi connectivity index (χ1n) is 7.11. The Kier molecular flexibility index (Phi) is 5.00. The van der Waals surface area contributed by atoms with Crippen molar-refractivity contribution in [3.8, 4) is 0 Å². The van der Waals surface area contributed by atoms with Crippen molar-refractivity contribution in [3.63, 3.8) is 0 Å². The van der Waals surface area contributed by atoms with Gasteiger partial charge in [-0.3, -0.25) is 4.79 Å². The zero-order valence-electron chi connectivity index (χ0n) is 12.2. The Morgan fingerprint density at radius 3 is 2.35 bits per heavy atom. The van der Waals surface area contributed by atoms with Crippen LogP contribution in [0.25, 0.3) is 0 Å².